The zero-order valence-corrected chi connectivity index (χ0v) is 10.8. The second-order valence-electron chi connectivity index (χ2n) is 5.12. The highest BCUT2D eigenvalue weighted by molar-refractivity contribution is 5.90. The molecule has 0 spiro atoms. The molecule has 5 nitrogen and oxygen atoms in total. The van der Waals surface area contributed by atoms with Crippen LogP contribution in [0.3, 0.4) is 0 Å². The summed E-state index contributed by atoms with van der Waals surface area (Å²) >= 11 is 0. The molecule has 19 heavy (non-hydrogen) atoms. The maximum atomic E-state index is 12.0. The van der Waals surface area contributed by atoms with E-state index < -0.39 is 23.5 Å². The Morgan fingerprint density at radius 3 is 2.32 bits per heavy atom. The Balaban J connectivity index is 2.07. The maximum absolute atomic E-state index is 12.0. The standard InChI is InChI=1S/C14H18N2O3/c1-9-3-5-10(6-4-9)11(15)12(17)16-14(13(18)19)7-2-8-14/h3-6,11H,2,7-8,15H2,1H3,(H,16,17)(H,18,19). The van der Waals surface area contributed by atoms with Gasteiger partial charge in [0.05, 0.1) is 0 Å². The molecule has 1 atom stereocenters. The predicted octanol–water partition coefficient (Wildman–Crippen LogP) is 1.12. The number of aryl methyl sites for hydroxylation is 1. The predicted molar refractivity (Wildman–Crippen MR) is 70.5 cm³/mol. The fourth-order valence-electron chi connectivity index (χ4n) is 2.16. The summed E-state index contributed by atoms with van der Waals surface area (Å²) in [7, 11) is 0. The van der Waals surface area contributed by atoms with Crippen LogP contribution in [-0.4, -0.2) is 22.5 Å². The van der Waals surface area contributed by atoms with Crippen molar-refractivity contribution in [1.29, 1.82) is 0 Å². The smallest absolute Gasteiger partial charge is 0.329 e. The lowest BCUT2D eigenvalue weighted by molar-refractivity contribution is -0.152. The minimum Gasteiger partial charge on any atom is -0.480 e. The minimum absolute atomic E-state index is 0.439. The van der Waals surface area contributed by atoms with Gasteiger partial charge in [0.2, 0.25) is 5.91 Å². The fraction of sp³-hybridized carbons (Fsp3) is 0.429. The fourth-order valence-corrected chi connectivity index (χ4v) is 2.16. The van der Waals surface area contributed by atoms with Crippen LogP contribution in [0.4, 0.5) is 0 Å². The monoisotopic (exact) mass is 262 g/mol. The molecule has 102 valence electrons. The molecule has 0 heterocycles. The molecule has 1 aliphatic rings. The van der Waals surface area contributed by atoms with Gasteiger partial charge < -0.3 is 16.2 Å². The van der Waals surface area contributed by atoms with Crippen LogP contribution in [0.2, 0.25) is 0 Å². The average Bonchev–Trinajstić information content (AvgIpc) is 2.33. The molecule has 1 amide bonds. The van der Waals surface area contributed by atoms with Gasteiger partial charge in [0.15, 0.2) is 0 Å². The van der Waals surface area contributed by atoms with Gasteiger partial charge in [-0.05, 0) is 31.7 Å². The van der Waals surface area contributed by atoms with E-state index in [1.165, 1.54) is 0 Å². The Morgan fingerprint density at radius 1 is 1.32 bits per heavy atom. The van der Waals surface area contributed by atoms with Gasteiger partial charge >= 0.3 is 5.97 Å². The van der Waals surface area contributed by atoms with Crippen molar-refractivity contribution in [2.75, 3.05) is 0 Å². The van der Waals surface area contributed by atoms with Gasteiger partial charge in [-0.2, -0.15) is 0 Å². The molecule has 2 rings (SSSR count). The number of carbonyl (C=O) groups excluding carboxylic acids is 1. The van der Waals surface area contributed by atoms with Gasteiger partial charge in [0, 0.05) is 0 Å². The Labute approximate surface area is 111 Å². The summed E-state index contributed by atoms with van der Waals surface area (Å²) < 4.78 is 0. The number of hydrogen-bond donors (Lipinski definition) is 3. The number of carboxylic acid groups (broad SMARTS) is 1. The van der Waals surface area contributed by atoms with Crippen molar-refractivity contribution in [2.45, 2.75) is 37.8 Å². The number of rotatable bonds is 4. The van der Waals surface area contributed by atoms with E-state index in [0.717, 1.165) is 12.0 Å². The van der Waals surface area contributed by atoms with E-state index in [-0.39, 0.29) is 0 Å². The van der Waals surface area contributed by atoms with Gasteiger partial charge in [0.25, 0.3) is 0 Å². The molecule has 5 heteroatoms. The normalized spacial score (nSPS) is 18.2. The first-order valence-electron chi connectivity index (χ1n) is 6.32. The third-order valence-electron chi connectivity index (χ3n) is 3.70. The molecule has 0 aromatic heterocycles. The van der Waals surface area contributed by atoms with Crippen LogP contribution in [0.15, 0.2) is 24.3 Å². The van der Waals surface area contributed by atoms with E-state index in [0.29, 0.717) is 18.4 Å². The second kappa shape index (κ2) is 5.01. The third-order valence-corrected chi connectivity index (χ3v) is 3.70. The number of carboxylic acids is 1. The zero-order valence-electron chi connectivity index (χ0n) is 10.8. The van der Waals surface area contributed by atoms with E-state index in [1.54, 1.807) is 12.1 Å². The number of hydrogen-bond acceptors (Lipinski definition) is 3. The number of carbonyl (C=O) groups is 2. The topological polar surface area (TPSA) is 92.4 Å². The van der Waals surface area contributed by atoms with E-state index in [4.69, 9.17) is 10.8 Å². The second-order valence-corrected chi connectivity index (χ2v) is 5.12. The van der Waals surface area contributed by atoms with Gasteiger partial charge in [0.1, 0.15) is 11.6 Å². The van der Waals surface area contributed by atoms with Crippen molar-refractivity contribution in [3.05, 3.63) is 35.4 Å². The first kappa shape index (κ1) is 13.5. The van der Waals surface area contributed by atoms with Crippen molar-refractivity contribution in [3.8, 4) is 0 Å². The third kappa shape index (κ3) is 2.61. The Morgan fingerprint density at radius 2 is 1.89 bits per heavy atom. The molecule has 1 aromatic carbocycles. The molecule has 0 saturated heterocycles. The summed E-state index contributed by atoms with van der Waals surface area (Å²) in [5.41, 5.74) is 6.52. The van der Waals surface area contributed by atoms with Gasteiger partial charge in [-0.25, -0.2) is 4.79 Å². The number of aliphatic carboxylic acids is 1. The number of amides is 1. The first-order valence-corrected chi connectivity index (χ1v) is 6.32. The average molecular weight is 262 g/mol. The van der Waals surface area contributed by atoms with E-state index in [9.17, 15) is 9.59 Å². The highest BCUT2D eigenvalue weighted by Crippen LogP contribution is 2.32. The minimum atomic E-state index is -1.11. The molecule has 4 N–H and O–H groups in total. The quantitative estimate of drug-likeness (QED) is 0.758. The van der Waals surface area contributed by atoms with Gasteiger partial charge in [-0.3, -0.25) is 4.79 Å². The molecular formula is C14H18N2O3. The molecule has 0 aliphatic heterocycles. The van der Waals surface area contributed by atoms with Crippen molar-refractivity contribution in [2.24, 2.45) is 5.73 Å². The zero-order chi connectivity index (χ0) is 14.0. The largest absolute Gasteiger partial charge is 0.480 e. The van der Waals surface area contributed by atoms with E-state index in [1.807, 2.05) is 19.1 Å². The summed E-state index contributed by atoms with van der Waals surface area (Å²) in [4.78, 5) is 23.2. The molecule has 1 aromatic rings. The molecule has 1 unspecified atom stereocenters. The molecule has 0 bridgehead atoms. The van der Waals surface area contributed by atoms with Crippen LogP contribution in [0.25, 0.3) is 0 Å². The van der Waals surface area contributed by atoms with E-state index >= 15 is 0 Å². The molecular weight excluding hydrogens is 244 g/mol. The highest BCUT2D eigenvalue weighted by Gasteiger charge is 2.46. The van der Waals surface area contributed by atoms with Crippen LogP contribution in [-0.2, 0) is 9.59 Å². The van der Waals surface area contributed by atoms with Gasteiger partial charge in [-0.1, -0.05) is 29.8 Å². The van der Waals surface area contributed by atoms with Gasteiger partial charge in [-0.15, -0.1) is 0 Å². The summed E-state index contributed by atoms with van der Waals surface area (Å²) in [5.74, 6) is -1.42. The molecule has 1 saturated carbocycles. The first-order chi connectivity index (χ1) is 8.94. The lowest BCUT2D eigenvalue weighted by Crippen LogP contribution is -2.60. The van der Waals surface area contributed by atoms with Crippen molar-refractivity contribution >= 4 is 11.9 Å². The summed E-state index contributed by atoms with van der Waals surface area (Å²) in [5, 5.41) is 11.7. The van der Waals surface area contributed by atoms with Crippen LogP contribution in [0.1, 0.15) is 36.4 Å². The Kier molecular flexibility index (Phi) is 3.57. The number of nitrogens with one attached hydrogen (secondary N) is 1. The van der Waals surface area contributed by atoms with Crippen molar-refractivity contribution in [1.82, 2.24) is 5.32 Å². The molecule has 1 fully saturated rings. The Hall–Kier alpha value is -1.88. The van der Waals surface area contributed by atoms with Crippen LogP contribution in [0, 0.1) is 6.92 Å². The van der Waals surface area contributed by atoms with Crippen molar-refractivity contribution < 1.29 is 14.7 Å². The summed E-state index contributed by atoms with van der Waals surface area (Å²) in [6.45, 7) is 1.95. The molecule has 0 radical (unpaired) electrons. The summed E-state index contributed by atoms with van der Waals surface area (Å²) in [6, 6.07) is 6.48. The van der Waals surface area contributed by atoms with Crippen LogP contribution in [0.5, 0.6) is 0 Å². The highest BCUT2D eigenvalue weighted by atomic mass is 16.4. The lowest BCUT2D eigenvalue weighted by Gasteiger charge is -2.38. The maximum Gasteiger partial charge on any atom is 0.329 e. The van der Waals surface area contributed by atoms with Crippen LogP contribution >= 0.6 is 0 Å². The number of nitrogens with two attached hydrogens (primary N) is 1. The van der Waals surface area contributed by atoms with E-state index in [2.05, 4.69) is 5.32 Å². The van der Waals surface area contributed by atoms with Crippen LogP contribution < -0.4 is 11.1 Å². The lowest BCUT2D eigenvalue weighted by atomic mass is 9.76. The number of benzene rings is 1. The van der Waals surface area contributed by atoms with Crippen molar-refractivity contribution in [3.63, 3.8) is 0 Å². The molecule has 1 aliphatic carbocycles. The summed E-state index contributed by atoms with van der Waals surface area (Å²) in [6.07, 6.45) is 1.75. The Bertz CT molecular complexity index is 492. The SMILES string of the molecule is Cc1ccc(C(N)C(=O)NC2(C(=O)O)CCC2)cc1.